The van der Waals surface area contributed by atoms with Crippen LogP contribution in [-0.4, -0.2) is 32.3 Å². The summed E-state index contributed by atoms with van der Waals surface area (Å²) in [5, 5.41) is 10.7. The monoisotopic (exact) mass is 397 g/mol. The van der Waals surface area contributed by atoms with Gasteiger partial charge < -0.3 is 15.4 Å². The molecule has 0 aromatic carbocycles. The molecule has 0 saturated carbocycles. The maximum Gasteiger partial charge on any atom is 0.191 e. The Balaban J connectivity index is 0.00000324. The van der Waals surface area contributed by atoms with Crippen LogP contribution in [0.1, 0.15) is 25.8 Å². The summed E-state index contributed by atoms with van der Waals surface area (Å²) in [6, 6.07) is 2.10. The zero-order valence-electron chi connectivity index (χ0n) is 11.6. The Kier molecular flexibility index (Phi) is 12.5. The molecule has 0 atom stereocenters. The lowest BCUT2D eigenvalue weighted by atomic mass is 10.3. The minimum atomic E-state index is 0. The topological polar surface area (TPSA) is 45.7 Å². The first-order chi connectivity index (χ1) is 8.86. The van der Waals surface area contributed by atoms with E-state index in [1.54, 1.807) is 11.3 Å². The van der Waals surface area contributed by atoms with Gasteiger partial charge in [-0.15, -0.1) is 24.0 Å². The number of halogens is 1. The van der Waals surface area contributed by atoms with E-state index in [1.807, 2.05) is 6.92 Å². The Hall–Kier alpha value is -0.340. The highest BCUT2D eigenvalue weighted by atomic mass is 127. The van der Waals surface area contributed by atoms with E-state index in [9.17, 15) is 0 Å². The number of aliphatic imine (C=N–C) groups is 1. The van der Waals surface area contributed by atoms with Crippen molar-refractivity contribution in [1.29, 1.82) is 0 Å². The van der Waals surface area contributed by atoms with Crippen molar-refractivity contribution in [1.82, 2.24) is 10.6 Å². The zero-order valence-corrected chi connectivity index (χ0v) is 14.8. The van der Waals surface area contributed by atoms with Gasteiger partial charge in [0.05, 0.1) is 6.54 Å². The Bertz CT molecular complexity index is 331. The van der Waals surface area contributed by atoms with Crippen LogP contribution in [0.15, 0.2) is 21.8 Å². The number of nitrogens with one attached hydrogen (secondary N) is 2. The predicted molar refractivity (Wildman–Crippen MR) is 93.7 cm³/mol. The second kappa shape index (κ2) is 12.7. The molecule has 1 heterocycles. The summed E-state index contributed by atoms with van der Waals surface area (Å²) in [7, 11) is 0. The van der Waals surface area contributed by atoms with E-state index in [4.69, 9.17) is 4.74 Å². The van der Waals surface area contributed by atoms with E-state index in [0.29, 0.717) is 0 Å². The molecule has 0 unspecified atom stereocenters. The van der Waals surface area contributed by atoms with Crippen molar-refractivity contribution in [2.75, 3.05) is 26.3 Å². The molecule has 2 N–H and O–H groups in total. The smallest absolute Gasteiger partial charge is 0.191 e. The summed E-state index contributed by atoms with van der Waals surface area (Å²) in [6.07, 6.45) is 0.997. The van der Waals surface area contributed by atoms with Crippen LogP contribution in [0.2, 0.25) is 0 Å². The fourth-order valence-electron chi connectivity index (χ4n) is 1.42. The molecular weight excluding hydrogens is 373 g/mol. The molecule has 19 heavy (non-hydrogen) atoms. The van der Waals surface area contributed by atoms with Crippen molar-refractivity contribution in [3.63, 3.8) is 0 Å². The first kappa shape index (κ1) is 18.7. The molecule has 0 amide bonds. The molecule has 4 nitrogen and oxygen atoms in total. The molecule has 0 bridgehead atoms. The molecule has 0 aliphatic heterocycles. The van der Waals surface area contributed by atoms with Crippen LogP contribution < -0.4 is 10.6 Å². The van der Waals surface area contributed by atoms with Gasteiger partial charge in [0.15, 0.2) is 5.96 Å². The van der Waals surface area contributed by atoms with Crippen molar-refractivity contribution < 1.29 is 4.74 Å². The van der Waals surface area contributed by atoms with Gasteiger partial charge in [0, 0.05) is 26.3 Å². The molecule has 1 aromatic heterocycles. The first-order valence-corrected chi connectivity index (χ1v) is 7.42. The van der Waals surface area contributed by atoms with E-state index in [1.165, 1.54) is 5.56 Å². The summed E-state index contributed by atoms with van der Waals surface area (Å²) < 4.78 is 5.30. The van der Waals surface area contributed by atoms with Crippen LogP contribution in [0.3, 0.4) is 0 Å². The van der Waals surface area contributed by atoms with Gasteiger partial charge in [-0.1, -0.05) is 0 Å². The average Bonchev–Trinajstić information content (AvgIpc) is 2.88. The third-order valence-electron chi connectivity index (χ3n) is 2.31. The van der Waals surface area contributed by atoms with Gasteiger partial charge in [0.25, 0.3) is 0 Å². The normalized spacial score (nSPS) is 10.9. The van der Waals surface area contributed by atoms with Crippen LogP contribution in [0.4, 0.5) is 0 Å². The van der Waals surface area contributed by atoms with E-state index in [2.05, 4.69) is 39.4 Å². The maximum absolute atomic E-state index is 5.30. The highest BCUT2D eigenvalue weighted by Crippen LogP contribution is 2.06. The van der Waals surface area contributed by atoms with Crippen molar-refractivity contribution >= 4 is 41.3 Å². The van der Waals surface area contributed by atoms with Gasteiger partial charge in [-0.05, 0) is 42.7 Å². The number of nitrogens with zero attached hydrogens (tertiary/aromatic N) is 1. The van der Waals surface area contributed by atoms with Crippen molar-refractivity contribution in [2.45, 2.75) is 26.8 Å². The molecule has 0 fully saturated rings. The van der Waals surface area contributed by atoms with Gasteiger partial charge in [0.1, 0.15) is 0 Å². The standard InChI is InChI=1S/C13H23N3OS.HI/c1-3-14-13(15-7-5-8-17-4-2)16-10-12-6-9-18-11-12;/h6,9,11H,3-5,7-8,10H2,1-2H3,(H2,14,15,16);1H. The molecule has 0 spiro atoms. The summed E-state index contributed by atoms with van der Waals surface area (Å²) in [5.41, 5.74) is 1.26. The van der Waals surface area contributed by atoms with Crippen LogP contribution in [0.5, 0.6) is 0 Å². The average molecular weight is 397 g/mol. The molecule has 0 aliphatic carbocycles. The van der Waals surface area contributed by atoms with E-state index in [0.717, 1.165) is 45.2 Å². The maximum atomic E-state index is 5.30. The highest BCUT2D eigenvalue weighted by molar-refractivity contribution is 14.0. The lowest BCUT2D eigenvalue weighted by molar-refractivity contribution is 0.145. The lowest BCUT2D eigenvalue weighted by Gasteiger charge is -2.10. The molecule has 1 aromatic rings. The first-order valence-electron chi connectivity index (χ1n) is 6.47. The third kappa shape index (κ3) is 9.23. The molecule has 0 aliphatic rings. The fraction of sp³-hybridized carbons (Fsp3) is 0.615. The van der Waals surface area contributed by atoms with Crippen LogP contribution in [-0.2, 0) is 11.3 Å². The molecular formula is C13H24IN3OS. The fourth-order valence-corrected chi connectivity index (χ4v) is 2.08. The van der Waals surface area contributed by atoms with Crippen molar-refractivity contribution in [3.8, 4) is 0 Å². The largest absolute Gasteiger partial charge is 0.382 e. The Labute approximate surface area is 137 Å². The van der Waals surface area contributed by atoms with E-state index < -0.39 is 0 Å². The number of hydrogen-bond donors (Lipinski definition) is 2. The highest BCUT2D eigenvalue weighted by Gasteiger charge is 1.97. The Morgan fingerprint density at radius 2 is 2.21 bits per heavy atom. The number of ether oxygens (including phenoxy) is 1. The van der Waals surface area contributed by atoms with Gasteiger partial charge in [-0.2, -0.15) is 11.3 Å². The SMILES string of the molecule is CCNC(=NCc1ccsc1)NCCCOCC.I. The van der Waals surface area contributed by atoms with Crippen molar-refractivity contribution in [2.24, 2.45) is 4.99 Å². The van der Waals surface area contributed by atoms with Crippen LogP contribution in [0, 0.1) is 0 Å². The number of thiophene rings is 1. The molecule has 6 heteroatoms. The van der Waals surface area contributed by atoms with Crippen molar-refractivity contribution in [3.05, 3.63) is 22.4 Å². The third-order valence-corrected chi connectivity index (χ3v) is 3.04. The number of guanidine groups is 1. The quantitative estimate of drug-likeness (QED) is 0.307. The van der Waals surface area contributed by atoms with Gasteiger partial charge in [-0.3, -0.25) is 0 Å². The van der Waals surface area contributed by atoms with Crippen LogP contribution in [0.25, 0.3) is 0 Å². The summed E-state index contributed by atoms with van der Waals surface area (Å²) in [6.45, 7) is 8.15. The summed E-state index contributed by atoms with van der Waals surface area (Å²) >= 11 is 1.70. The zero-order chi connectivity index (χ0) is 13.1. The van der Waals surface area contributed by atoms with Gasteiger partial charge in [-0.25, -0.2) is 4.99 Å². The predicted octanol–water partition coefficient (Wildman–Crippen LogP) is 2.85. The summed E-state index contributed by atoms with van der Waals surface area (Å²) in [4.78, 5) is 4.53. The molecule has 1 rings (SSSR count). The van der Waals surface area contributed by atoms with Gasteiger partial charge >= 0.3 is 0 Å². The second-order valence-electron chi connectivity index (χ2n) is 3.80. The Morgan fingerprint density at radius 3 is 2.84 bits per heavy atom. The molecule has 0 saturated heterocycles. The Morgan fingerprint density at radius 1 is 1.37 bits per heavy atom. The van der Waals surface area contributed by atoms with Crippen LogP contribution >= 0.6 is 35.3 Å². The minimum Gasteiger partial charge on any atom is -0.382 e. The second-order valence-corrected chi connectivity index (χ2v) is 4.58. The number of hydrogen-bond acceptors (Lipinski definition) is 3. The van der Waals surface area contributed by atoms with Gasteiger partial charge in [0.2, 0.25) is 0 Å². The summed E-state index contributed by atoms with van der Waals surface area (Å²) in [5.74, 6) is 0.875. The van der Waals surface area contributed by atoms with E-state index >= 15 is 0 Å². The molecule has 110 valence electrons. The minimum absolute atomic E-state index is 0. The number of rotatable bonds is 8. The lowest BCUT2D eigenvalue weighted by Crippen LogP contribution is -2.38. The molecule has 0 radical (unpaired) electrons. The van der Waals surface area contributed by atoms with E-state index in [-0.39, 0.29) is 24.0 Å².